The summed E-state index contributed by atoms with van der Waals surface area (Å²) in [5, 5.41) is 6.68. The molecule has 3 saturated heterocycles. The number of ether oxygens (including phenoxy) is 2. The lowest BCUT2D eigenvalue weighted by Gasteiger charge is -2.69. The Balaban J connectivity index is 1.27. The molecule has 5 aliphatic heterocycles. The summed E-state index contributed by atoms with van der Waals surface area (Å²) in [6.45, 7) is 1.80. The van der Waals surface area contributed by atoms with E-state index in [1.807, 2.05) is 36.2 Å². The average Bonchev–Trinajstić information content (AvgIpc) is 3.13. The summed E-state index contributed by atoms with van der Waals surface area (Å²) >= 11 is 1.79. The number of hydrogen-bond acceptors (Lipinski definition) is 7. The van der Waals surface area contributed by atoms with E-state index in [1.54, 1.807) is 28.9 Å². The molecule has 5 aliphatic rings. The van der Waals surface area contributed by atoms with Crippen molar-refractivity contribution in [2.45, 2.75) is 48.8 Å². The van der Waals surface area contributed by atoms with Gasteiger partial charge in [-0.05, 0) is 53.3 Å². The third-order valence-corrected chi connectivity index (χ3v) is 10.7. The zero-order valence-electron chi connectivity index (χ0n) is 26.0. The highest BCUT2D eigenvalue weighted by Gasteiger charge is 2.69. The number of piperazine rings is 1. The van der Waals surface area contributed by atoms with Crippen LogP contribution in [0.3, 0.4) is 0 Å². The van der Waals surface area contributed by atoms with Crippen molar-refractivity contribution in [3.05, 3.63) is 102 Å². The van der Waals surface area contributed by atoms with E-state index in [9.17, 15) is 9.59 Å². The van der Waals surface area contributed by atoms with Gasteiger partial charge < -0.3 is 19.7 Å². The standard InChI is InChI=1S/C35H41N5O4S/c1-37-23-33(41)39-29(17-18-45-3)35-30-12-8-7-11-26(19-31(35)44-30)28(25-9-5-4-6-10-25)21-38(35)22-32(39)40(37)34(42)36-20-24-13-15-27(43-2)16-14-24/h4-16,19,28-32H,17-18,20-23H2,1-3H3,(H,36,42)/b11-7-,12-8-/t28?,29-,30?,31?,32-,35?/m0/s1. The maximum absolute atomic E-state index is 14.1. The van der Waals surface area contributed by atoms with Crippen LogP contribution < -0.4 is 10.1 Å². The van der Waals surface area contributed by atoms with E-state index in [4.69, 9.17) is 9.47 Å². The second-order valence-corrected chi connectivity index (χ2v) is 13.4. The third kappa shape index (κ3) is 5.08. The first kappa shape index (κ1) is 30.1. The first-order valence-electron chi connectivity index (χ1n) is 15.7. The molecule has 2 aromatic rings. The molecular formula is C35H41N5O4S. The molecule has 0 saturated carbocycles. The van der Waals surface area contributed by atoms with Crippen molar-refractivity contribution >= 4 is 23.7 Å². The van der Waals surface area contributed by atoms with E-state index in [0.29, 0.717) is 13.1 Å². The van der Waals surface area contributed by atoms with Gasteiger partial charge in [-0.15, -0.1) is 0 Å². The average molecular weight is 628 g/mol. The zero-order chi connectivity index (χ0) is 31.1. The lowest BCUT2D eigenvalue weighted by molar-refractivity contribution is -0.285. The molecule has 2 aromatic carbocycles. The van der Waals surface area contributed by atoms with E-state index in [2.05, 4.69) is 77.2 Å². The summed E-state index contributed by atoms with van der Waals surface area (Å²) in [5.41, 5.74) is 3.02. The Labute approximate surface area is 269 Å². The van der Waals surface area contributed by atoms with Crippen LogP contribution in [0.25, 0.3) is 0 Å². The number of allylic oxidation sites excluding steroid dienone is 3. The first-order chi connectivity index (χ1) is 21.9. The van der Waals surface area contributed by atoms with Crippen LogP contribution in [0.15, 0.2) is 90.6 Å². The van der Waals surface area contributed by atoms with E-state index < -0.39 is 11.7 Å². The number of thioether (sulfide) groups is 1. The molecule has 3 fully saturated rings. The van der Waals surface area contributed by atoms with Crippen molar-refractivity contribution in [3.63, 3.8) is 0 Å². The molecule has 45 heavy (non-hydrogen) atoms. The molecule has 10 heteroatoms. The summed E-state index contributed by atoms with van der Waals surface area (Å²) in [5.74, 6) is 1.85. The number of benzene rings is 2. The molecule has 4 unspecified atom stereocenters. The molecule has 1 N–H and O–H groups in total. The Hall–Kier alpha value is -3.57. The maximum Gasteiger partial charge on any atom is 0.334 e. The molecule has 1 spiro atoms. The minimum Gasteiger partial charge on any atom is -0.497 e. The maximum atomic E-state index is 14.1. The van der Waals surface area contributed by atoms with E-state index >= 15 is 0 Å². The second kappa shape index (κ2) is 12.3. The quantitative estimate of drug-likeness (QED) is 0.497. The van der Waals surface area contributed by atoms with Crippen molar-refractivity contribution in [2.24, 2.45) is 0 Å². The fourth-order valence-electron chi connectivity index (χ4n) is 8.01. The number of amides is 3. The number of urea groups is 1. The van der Waals surface area contributed by atoms with Gasteiger partial charge in [-0.2, -0.15) is 11.8 Å². The highest BCUT2D eigenvalue weighted by molar-refractivity contribution is 7.98. The predicted molar refractivity (Wildman–Crippen MR) is 176 cm³/mol. The Morgan fingerprint density at radius 2 is 1.89 bits per heavy atom. The summed E-state index contributed by atoms with van der Waals surface area (Å²) in [7, 11) is 3.47. The predicted octanol–water partition coefficient (Wildman–Crippen LogP) is 4.02. The number of fused-ring (bicyclic) bond motifs is 2. The highest BCUT2D eigenvalue weighted by Crippen LogP contribution is 2.53. The summed E-state index contributed by atoms with van der Waals surface area (Å²) in [6.07, 6.45) is 13.0. The molecule has 3 amide bonds. The van der Waals surface area contributed by atoms with Crippen molar-refractivity contribution in [1.82, 2.24) is 25.1 Å². The highest BCUT2D eigenvalue weighted by atomic mass is 32.2. The van der Waals surface area contributed by atoms with Gasteiger partial charge in [-0.25, -0.2) is 14.8 Å². The Bertz CT molecular complexity index is 1510. The van der Waals surface area contributed by atoms with Crippen LogP contribution in [0.1, 0.15) is 23.5 Å². The summed E-state index contributed by atoms with van der Waals surface area (Å²) in [4.78, 5) is 32.7. The van der Waals surface area contributed by atoms with E-state index in [0.717, 1.165) is 30.0 Å². The molecular weight excluding hydrogens is 586 g/mol. The van der Waals surface area contributed by atoms with Gasteiger partial charge in [-0.3, -0.25) is 9.69 Å². The van der Waals surface area contributed by atoms with Gasteiger partial charge in [0.2, 0.25) is 5.91 Å². The van der Waals surface area contributed by atoms with Crippen LogP contribution in [0.4, 0.5) is 4.79 Å². The Morgan fingerprint density at radius 1 is 1.09 bits per heavy atom. The zero-order valence-corrected chi connectivity index (χ0v) is 26.9. The number of nitrogens with zero attached hydrogens (tertiary/aromatic N) is 4. The molecule has 9 nitrogen and oxygen atoms in total. The number of nitrogens with one attached hydrogen (secondary N) is 1. The van der Waals surface area contributed by atoms with Crippen molar-refractivity contribution < 1.29 is 19.1 Å². The van der Waals surface area contributed by atoms with Crippen LogP contribution in [-0.4, -0.2) is 108 Å². The molecule has 3 bridgehead atoms. The fraction of sp³-hybridized carbons (Fsp3) is 0.429. The smallest absolute Gasteiger partial charge is 0.334 e. The monoisotopic (exact) mass is 627 g/mol. The number of likely N-dealkylation sites (N-methyl/N-ethyl adjacent to an activating group) is 1. The Morgan fingerprint density at radius 3 is 2.64 bits per heavy atom. The fourth-order valence-corrected chi connectivity index (χ4v) is 8.46. The molecule has 0 radical (unpaired) electrons. The van der Waals surface area contributed by atoms with Crippen molar-refractivity contribution in [3.8, 4) is 5.75 Å². The number of carbonyl (C=O) groups is 2. The number of hydrogen-bond donors (Lipinski definition) is 1. The van der Waals surface area contributed by atoms with Crippen LogP contribution in [-0.2, 0) is 16.1 Å². The molecule has 5 heterocycles. The topological polar surface area (TPSA) is 77.6 Å². The van der Waals surface area contributed by atoms with Gasteiger partial charge in [-0.1, -0.05) is 66.8 Å². The van der Waals surface area contributed by atoms with E-state index in [1.165, 1.54) is 11.1 Å². The number of methoxy groups -OCH3 is 1. The third-order valence-electron chi connectivity index (χ3n) is 10.1. The molecule has 6 atom stereocenters. The van der Waals surface area contributed by atoms with Gasteiger partial charge in [0.15, 0.2) is 0 Å². The lowest BCUT2D eigenvalue weighted by Crippen LogP contribution is -2.88. The first-order valence-corrected chi connectivity index (χ1v) is 17.1. The normalized spacial score (nSPS) is 32.1. The number of hydrazine groups is 1. The number of rotatable bonds is 7. The van der Waals surface area contributed by atoms with Gasteiger partial charge in [0.05, 0.1) is 19.7 Å². The molecule has 0 aliphatic carbocycles. The minimum absolute atomic E-state index is 0.0521. The van der Waals surface area contributed by atoms with Crippen LogP contribution in [0.5, 0.6) is 5.75 Å². The SMILES string of the molecule is COc1ccc(CNC(=O)N2[C@H]3CN4CC(c5ccccc5)C5=CC6OC(/C=C\C=C/5)C64[C@H](CCSC)N3C(=O)CN2C)cc1. The summed E-state index contributed by atoms with van der Waals surface area (Å²) in [6, 6.07) is 18.0. The summed E-state index contributed by atoms with van der Waals surface area (Å²) < 4.78 is 11.9. The van der Waals surface area contributed by atoms with Crippen LogP contribution in [0.2, 0.25) is 0 Å². The van der Waals surface area contributed by atoms with Crippen molar-refractivity contribution in [2.75, 3.05) is 45.8 Å². The molecule has 236 valence electrons. The Kier molecular flexibility index (Phi) is 8.24. The molecule has 7 rings (SSSR count). The largest absolute Gasteiger partial charge is 0.497 e. The molecule has 0 aromatic heterocycles. The van der Waals surface area contributed by atoms with Gasteiger partial charge in [0.1, 0.15) is 29.7 Å². The minimum atomic E-state index is -0.452. The van der Waals surface area contributed by atoms with Gasteiger partial charge in [0.25, 0.3) is 0 Å². The van der Waals surface area contributed by atoms with E-state index in [-0.39, 0.29) is 42.7 Å². The van der Waals surface area contributed by atoms with Gasteiger partial charge >= 0.3 is 6.03 Å². The number of carbonyl (C=O) groups excluding carboxylic acids is 2. The second-order valence-electron chi connectivity index (χ2n) is 12.4. The van der Waals surface area contributed by atoms with Gasteiger partial charge in [0, 0.05) is 32.6 Å². The lowest BCUT2D eigenvalue weighted by atomic mass is 9.69. The van der Waals surface area contributed by atoms with Crippen LogP contribution >= 0.6 is 11.8 Å². The van der Waals surface area contributed by atoms with Crippen LogP contribution in [0, 0.1) is 0 Å². The van der Waals surface area contributed by atoms with Crippen molar-refractivity contribution in [1.29, 1.82) is 0 Å².